The van der Waals surface area contributed by atoms with Crippen molar-refractivity contribution < 1.29 is 9.53 Å². The molecule has 1 aliphatic heterocycles. The van der Waals surface area contributed by atoms with Gasteiger partial charge < -0.3 is 9.64 Å². The molecular formula is C14H18ClNO2. The van der Waals surface area contributed by atoms with Crippen molar-refractivity contribution in [2.24, 2.45) is 0 Å². The summed E-state index contributed by atoms with van der Waals surface area (Å²) in [5, 5.41) is 0.649. The van der Waals surface area contributed by atoms with Crippen molar-refractivity contribution in [3.05, 3.63) is 22.7 Å². The summed E-state index contributed by atoms with van der Waals surface area (Å²) in [5.74, 6) is 0.681. The van der Waals surface area contributed by atoms with Crippen LogP contribution in [0.1, 0.15) is 33.3 Å². The van der Waals surface area contributed by atoms with E-state index < -0.39 is 5.60 Å². The van der Waals surface area contributed by atoms with E-state index in [0.717, 1.165) is 17.0 Å². The number of hydrogen-bond donors (Lipinski definition) is 0. The molecule has 0 saturated carbocycles. The van der Waals surface area contributed by atoms with E-state index in [2.05, 4.69) is 0 Å². The van der Waals surface area contributed by atoms with Gasteiger partial charge in [0.1, 0.15) is 5.75 Å². The SMILES string of the molecule is Cc1cc2c(cc1Cl)N(C(C)C)C(=O)C(C)(C)O2. The van der Waals surface area contributed by atoms with E-state index in [1.54, 1.807) is 24.8 Å². The average Bonchev–Trinajstić information content (AvgIpc) is 2.22. The van der Waals surface area contributed by atoms with Gasteiger partial charge in [0.2, 0.25) is 0 Å². The number of rotatable bonds is 1. The summed E-state index contributed by atoms with van der Waals surface area (Å²) in [6, 6.07) is 3.76. The topological polar surface area (TPSA) is 29.5 Å². The second-order valence-electron chi connectivity index (χ2n) is 5.45. The Balaban J connectivity index is 2.64. The molecule has 1 aromatic carbocycles. The molecule has 0 atom stereocenters. The highest BCUT2D eigenvalue weighted by molar-refractivity contribution is 6.31. The number of ether oxygens (including phenoxy) is 1. The fraction of sp³-hybridized carbons (Fsp3) is 0.500. The molecule has 1 amide bonds. The Morgan fingerprint density at radius 2 is 1.94 bits per heavy atom. The number of halogens is 1. The lowest BCUT2D eigenvalue weighted by atomic mass is 10.0. The van der Waals surface area contributed by atoms with E-state index in [1.807, 2.05) is 26.8 Å². The van der Waals surface area contributed by atoms with Crippen LogP contribution < -0.4 is 9.64 Å². The first-order chi connectivity index (χ1) is 8.24. The molecule has 0 aliphatic carbocycles. The molecule has 0 unspecified atom stereocenters. The molecular weight excluding hydrogens is 250 g/mol. The molecule has 0 N–H and O–H groups in total. The Kier molecular flexibility index (Phi) is 3.06. The number of anilines is 1. The van der Waals surface area contributed by atoms with E-state index in [0.29, 0.717) is 5.02 Å². The Bertz CT molecular complexity index is 509. The number of aryl methyl sites for hydroxylation is 1. The van der Waals surface area contributed by atoms with E-state index >= 15 is 0 Å². The third-order valence-electron chi connectivity index (χ3n) is 3.12. The minimum atomic E-state index is -0.836. The number of benzene rings is 1. The summed E-state index contributed by atoms with van der Waals surface area (Å²) in [7, 11) is 0. The number of nitrogens with zero attached hydrogens (tertiary/aromatic N) is 1. The predicted octanol–water partition coefficient (Wildman–Crippen LogP) is 3.56. The van der Waals surface area contributed by atoms with Gasteiger partial charge in [0, 0.05) is 11.1 Å². The highest BCUT2D eigenvalue weighted by atomic mass is 35.5. The highest BCUT2D eigenvalue weighted by Gasteiger charge is 2.42. The lowest BCUT2D eigenvalue weighted by molar-refractivity contribution is -0.133. The summed E-state index contributed by atoms with van der Waals surface area (Å²) in [4.78, 5) is 14.2. The molecule has 98 valence electrons. The lowest BCUT2D eigenvalue weighted by Gasteiger charge is -2.41. The summed E-state index contributed by atoms with van der Waals surface area (Å²) < 4.78 is 5.80. The second kappa shape index (κ2) is 4.16. The molecule has 1 aromatic rings. The maximum Gasteiger partial charge on any atom is 0.270 e. The van der Waals surface area contributed by atoms with Gasteiger partial charge in [-0.25, -0.2) is 0 Å². The van der Waals surface area contributed by atoms with Crippen LogP contribution in [0.3, 0.4) is 0 Å². The average molecular weight is 268 g/mol. The molecule has 4 heteroatoms. The minimum Gasteiger partial charge on any atom is -0.476 e. The van der Waals surface area contributed by atoms with E-state index in [9.17, 15) is 4.79 Å². The molecule has 1 heterocycles. The zero-order valence-electron chi connectivity index (χ0n) is 11.4. The van der Waals surface area contributed by atoms with Crippen LogP contribution in [-0.4, -0.2) is 17.6 Å². The normalized spacial score (nSPS) is 17.7. The molecule has 18 heavy (non-hydrogen) atoms. The Hall–Kier alpha value is -1.22. The van der Waals surface area contributed by atoms with Crippen LogP contribution in [0.25, 0.3) is 0 Å². The molecule has 2 rings (SSSR count). The number of amides is 1. The molecule has 0 saturated heterocycles. The fourth-order valence-electron chi connectivity index (χ4n) is 2.15. The highest BCUT2D eigenvalue weighted by Crippen LogP contribution is 2.41. The van der Waals surface area contributed by atoms with Gasteiger partial charge in [-0.3, -0.25) is 4.79 Å². The first-order valence-electron chi connectivity index (χ1n) is 6.07. The Morgan fingerprint density at radius 3 is 2.50 bits per heavy atom. The molecule has 0 spiro atoms. The van der Waals surface area contributed by atoms with Crippen molar-refractivity contribution in [3.8, 4) is 5.75 Å². The molecule has 1 aliphatic rings. The van der Waals surface area contributed by atoms with E-state index in [1.165, 1.54) is 0 Å². The Morgan fingerprint density at radius 1 is 1.33 bits per heavy atom. The molecule has 0 fully saturated rings. The maximum atomic E-state index is 12.4. The van der Waals surface area contributed by atoms with Gasteiger partial charge in [-0.05, 0) is 52.3 Å². The first-order valence-corrected chi connectivity index (χ1v) is 6.44. The maximum absolute atomic E-state index is 12.4. The molecule has 3 nitrogen and oxygen atoms in total. The largest absolute Gasteiger partial charge is 0.476 e. The number of carbonyl (C=O) groups is 1. The van der Waals surface area contributed by atoms with Crippen molar-refractivity contribution in [2.75, 3.05) is 4.90 Å². The summed E-state index contributed by atoms with van der Waals surface area (Å²) >= 11 is 6.14. The van der Waals surface area contributed by atoms with E-state index in [-0.39, 0.29) is 11.9 Å². The van der Waals surface area contributed by atoms with Crippen molar-refractivity contribution in [1.82, 2.24) is 0 Å². The standard InChI is InChI=1S/C14H18ClNO2/c1-8(2)16-11-7-10(15)9(3)6-12(11)18-14(4,5)13(16)17/h6-8H,1-5H3. The number of carbonyl (C=O) groups excluding carboxylic acids is 1. The Labute approximate surface area is 113 Å². The monoisotopic (exact) mass is 267 g/mol. The third kappa shape index (κ3) is 1.97. The van der Waals surface area contributed by atoms with Crippen LogP contribution in [-0.2, 0) is 4.79 Å². The summed E-state index contributed by atoms with van der Waals surface area (Å²) in [6.45, 7) is 9.47. The zero-order valence-corrected chi connectivity index (χ0v) is 12.1. The van der Waals surface area contributed by atoms with Gasteiger partial charge in [0.25, 0.3) is 5.91 Å². The van der Waals surface area contributed by atoms with Crippen LogP contribution in [0.15, 0.2) is 12.1 Å². The van der Waals surface area contributed by atoms with Crippen LogP contribution in [0.4, 0.5) is 5.69 Å². The molecule has 0 bridgehead atoms. The van der Waals surface area contributed by atoms with Crippen molar-refractivity contribution in [2.45, 2.75) is 46.3 Å². The van der Waals surface area contributed by atoms with Gasteiger partial charge in [-0.2, -0.15) is 0 Å². The molecule has 0 radical (unpaired) electrons. The van der Waals surface area contributed by atoms with Crippen LogP contribution >= 0.6 is 11.6 Å². The first kappa shape index (κ1) is 13.2. The van der Waals surface area contributed by atoms with Gasteiger partial charge >= 0.3 is 0 Å². The predicted molar refractivity (Wildman–Crippen MR) is 73.5 cm³/mol. The quantitative estimate of drug-likeness (QED) is 0.779. The zero-order chi connectivity index (χ0) is 13.7. The van der Waals surface area contributed by atoms with E-state index in [4.69, 9.17) is 16.3 Å². The van der Waals surface area contributed by atoms with Crippen molar-refractivity contribution in [3.63, 3.8) is 0 Å². The van der Waals surface area contributed by atoms with Crippen molar-refractivity contribution in [1.29, 1.82) is 0 Å². The van der Waals surface area contributed by atoms with Crippen molar-refractivity contribution >= 4 is 23.2 Å². The minimum absolute atomic E-state index is 0.0371. The summed E-state index contributed by atoms with van der Waals surface area (Å²) in [6.07, 6.45) is 0. The smallest absolute Gasteiger partial charge is 0.270 e. The number of hydrogen-bond acceptors (Lipinski definition) is 2. The second-order valence-corrected chi connectivity index (χ2v) is 5.86. The molecule has 0 aromatic heterocycles. The van der Waals surface area contributed by atoms with Gasteiger partial charge in [0.15, 0.2) is 5.60 Å². The van der Waals surface area contributed by atoms with Crippen LogP contribution in [0, 0.1) is 6.92 Å². The van der Waals surface area contributed by atoms with Gasteiger partial charge in [-0.1, -0.05) is 11.6 Å². The van der Waals surface area contributed by atoms with Gasteiger partial charge in [0.05, 0.1) is 5.69 Å². The third-order valence-corrected chi connectivity index (χ3v) is 3.52. The van der Waals surface area contributed by atoms with Gasteiger partial charge in [-0.15, -0.1) is 0 Å². The number of fused-ring (bicyclic) bond motifs is 1. The lowest BCUT2D eigenvalue weighted by Crippen LogP contribution is -2.54. The fourth-order valence-corrected chi connectivity index (χ4v) is 2.30. The van der Waals surface area contributed by atoms with Crippen LogP contribution in [0.2, 0.25) is 5.02 Å². The van der Waals surface area contributed by atoms with Crippen LogP contribution in [0.5, 0.6) is 5.75 Å². The summed E-state index contributed by atoms with van der Waals surface area (Å²) in [5.41, 5.74) is 0.867.